The van der Waals surface area contributed by atoms with E-state index in [2.05, 4.69) is 5.32 Å². The molecule has 0 aromatic heterocycles. The van der Waals surface area contributed by atoms with Gasteiger partial charge in [-0.05, 0) is 19.3 Å². The summed E-state index contributed by atoms with van der Waals surface area (Å²) in [7, 11) is 3.30. The Bertz CT molecular complexity index is 332. The van der Waals surface area contributed by atoms with Gasteiger partial charge in [-0.1, -0.05) is 6.92 Å². The maximum Gasteiger partial charge on any atom is 0.317 e. The van der Waals surface area contributed by atoms with Crippen LogP contribution in [0.25, 0.3) is 0 Å². The predicted octanol–water partition coefficient (Wildman–Crippen LogP) is 0.751. The lowest BCUT2D eigenvalue weighted by Gasteiger charge is -2.23. The molecule has 7 nitrogen and oxygen atoms in total. The van der Waals surface area contributed by atoms with Gasteiger partial charge >= 0.3 is 12.0 Å². The van der Waals surface area contributed by atoms with Gasteiger partial charge in [0.25, 0.3) is 0 Å². The highest BCUT2D eigenvalue weighted by Crippen LogP contribution is 1.97. The number of unbranched alkanes of at least 4 members (excludes halogenated alkanes) is 1. The zero-order valence-corrected chi connectivity index (χ0v) is 12.5. The molecule has 0 saturated carbocycles. The van der Waals surface area contributed by atoms with Gasteiger partial charge in [0.1, 0.15) is 6.54 Å². The van der Waals surface area contributed by atoms with Gasteiger partial charge in [0.05, 0.1) is 0 Å². The summed E-state index contributed by atoms with van der Waals surface area (Å²) < 4.78 is 0. The first-order valence-electron chi connectivity index (χ1n) is 6.83. The fraction of sp³-hybridized carbons (Fsp3) is 0.769. The van der Waals surface area contributed by atoms with Gasteiger partial charge in [-0.15, -0.1) is 0 Å². The zero-order chi connectivity index (χ0) is 15.5. The minimum atomic E-state index is -0.833. The lowest BCUT2D eigenvalue weighted by Crippen LogP contribution is -2.45. The summed E-state index contributed by atoms with van der Waals surface area (Å²) in [4.78, 5) is 36.8. The Morgan fingerprint density at radius 2 is 1.80 bits per heavy atom. The van der Waals surface area contributed by atoms with E-state index in [-0.39, 0.29) is 24.9 Å². The molecule has 3 amide bonds. The molecule has 0 bridgehead atoms. The van der Waals surface area contributed by atoms with Crippen molar-refractivity contribution in [3.05, 3.63) is 0 Å². The Hall–Kier alpha value is -1.79. The Labute approximate surface area is 119 Å². The number of carboxylic acids is 1. The summed E-state index contributed by atoms with van der Waals surface area (Å²) in [5, 5.41) is 11.2. The summed E-state index contributed by atoms with van der Waals surface area (Å²) in [5.74, 6) is -0.958. The van der Waals surface area contributed by atoms with Crippen LogP contribution in [0.1, 0.15) is 32.6 Å². The second-order valence-corrected chi connectivity index (χ2v) is 4.79. The number of nitrogens with zero attached hydrogens (tertiary/aromatic N) is 2. The van der Waals surface area contributed by atoms with Crippen LogP contribution in [0.3, 0.4) is 0 Å². The normalized spacial score (nSPS) is 9.95. The van der Waals surface area contributed by atoms with Crippen LogP contribution in [0.4, 0.5) is 4.79 Å². The van der Waals surface area contributed by atoms with Crippen LogP contribution in [-0.4, -0.2) is 66.5 Å². The highest BCUT2D eigenvalue weighted by atomic mass is 16.4. The van der Waals surface area contributed by atoms with E-state index < -0.39 is 5.97 Å². The summed E-state index contributed by atoms with van der Waals surface area (Å²) in [6.45, 7) is 2.93. The molecule has 0 fully saturated rings. The van der Waals surface area contributed by atoms with E-state index in [1.807, 2.05) is 6.92 Å². The summed E-state index contributed by atoms with van der Waals surface area (Å²) in [5.41, 5.74) is 0. The molecule has 116 valence electrons. The molecule has 0 unspecified atom stereocenters. The van der Waals surface area contributed by atoms with Crippen LogP contribution in [0.15, 0.2) is 0 Å². The molecular weight excluding hydrogens is 262 g/mol. The van der Waals surface area contributed by atoms with Crippen molar-refractivity contribution in [2.45, 2.75) is 32.6 Å². The molecular formula is C13H25N3O4. The van der Waals surface area contributed by atoms with E-state index in [0.29, 0.717) is 25.9 Å². The van der Waals surface area contributed by atoms with Gasteiger partial charge in [0.15, 0.2) is 0 Å². The second-order valence-electron chi connectivity index (χ2n) is 4.79. The third kappa shape index (κ3) is 8.34. The number of carbonyl (C=O) groups is 3. The Morgan fingerprint density at radius 3 is 2.30 bits per heavy atom. The van der Waals surface area contributed by atoms with Crippen molar-refractivity contribution in [2.24, 2.45) is 0 Å². The number of urea groups is 1. The molecule has 0 aliphatic heterocycles. The number of carbonyl (C=O) groups excluding carboxylic acids is 2. The highest BCUT2D eigenvalue weighted by molar-refractivity contribution is 5.83. The Balaban J connectivity index is 4.09. The molecule has 0 aliphatic carbocycles. The van der Waals surface area contributed by atoms with E-state index in [1.165, 1.54) is 9.80 Å². The van der Waals surface area contributed by atoms with Crippen molar-refractivity contribution >= 4 is 17.9 Å². The molecule has 0 atom stereocenters. The number of aliphatic carboxylic acids is 1. The van der Waals surface area contributed by atoms with Crippen LogP contribution in [0.2, 0.25) is 0 Å². The molecule has 0 spiro atoms. The summed E-state index contributed by atoms with van der Waals surface area (Å²) >= 11 is 0. The van der Waals surface area contributed by atoms with Crippen molar-refractivity contribution < 1.29 is 19.5 Å². The van der Waals surface area contributed by atoms with E-state index in [0.717, 1.165) is 6.42 Å². The van der Waals surface area contributed by atoms with E-state index in [4.69, 9.17) is 5.11 Å². The molecule has 20 heavy (non-hydrogen) atoms. The molecule has 0 saturated heterocycles. The predicted molar refractivity (Wildman–Crippen MR) is 75.4 cm³/mol. The first-order valence-corrected chi connectivity index (χ1v) is 6.83. The molecule has 0 heterocycles. The van der Waals surface area contributed by atoms with Gasteiger partial charge in [-0.2, -0.15) is 0 Å². The Kier molecular flexibility index (Phi) is 9.15. The van der Waals surface area contributed by atoms with Crippen molar-refractivity contribution in [2.75, 3.05) is 33.7 Å². The first-order chi connectivity index (χ1) is 9.38. The molecule has 0 aromatic rings. The van der Waals surface area contributed by atoms with Gasteiger partial charge in [0.2, 0.25) is 5.91 Å². The number of rotatable bonds is 9. The highest BCUT2D eigenvalue weighted by Gasteiger charge is 2.16. The molecule has 7 heteroatoms. The van der Waals surface area contributed by atoms with Crippen LogP contribution in [-0.2, 0) is 9.59 Å². The van der Waals surface area contributed by atoms with Crippen LogP contribution < -0.4 is 5.32 Å². The number of hydrogen-bond acceptors (Lipinski definition) is 3. The number of nitrogens with one attached hydrogen (secondary N) is 1. The molecule has 2 N–H and O–H groups in total. The van der Waals surface area contributed by atoms with E-state index in [1.54, 1.807) is 14.1 Å². The fourth-order valence-corrected chi connectivity index (χ4v) is 1.54. The van der Waals surface area contributed by atoms with E-state index in [9.17, 15) is 14.4 Å². The topological polar surface area (TPSA) is 90.0 Å². The van der Waals surface area contributed by atoms with Gasteiger partial charge in [-0.25, -0.2) is 4.79 Å². The third-order valence-corrected chi connectivity index (χ3v) is 2.70. The smallest absolute Gasteiger partial charge is 0.317 e. The zero-order valence-electron chi connectivity index (χ0n) is 12.5. The largest absolute Gasteiger partial charge is 0.481 e. The third-order valence-electron chi connectivity index (χ3n) is 2.70. The van der Waals surface area contributed by atoms with Gasteiger partial charge in [-0.3, -0.25) is 9.59 Å². The van der Waals surface area contributed by atoms with Gasteiger partial charge < -0.3 is 20.2 Å². The van der Waals surface area contributed by atoms with E-state index >= 15 is 0 Å². The van der Waals surface area contributed by atoms with Crippen LogP contribution in [0, 0.1) is 0 Å². The van der Waals surface area contributed by atoms with Crippen molar-refractivity contribution in [1.29, 1.82) is 0 Å². The standard InChI is InChI=1S/C13H25N3O4/c1-4-9-16(10-11(17)15(2)3)13(20)14-8-6-5-7-12(18)19/h4-10H2,1-3H3,(H,14,20)(H,18,19). The van der Waals surface area contributed by atoms with Gasteiger partial charge in [0, 0.05) is 33.6 Å². The molecule has 0 aromatic carbocycles. The maximum atomic E-state index is 11.9. The number of likely N-dealkylation sites (N-methyl/N-ethyl adjacent to an activating group) is 1. The maximum absolute atomic E-state index is 11.9. The molecule has 0 aliphatic rings. The lowest BCUT2D eigenvalue weighted by molar-refractivity contribution is -0.137. The van der Waals surface area contributed by atoms with Crippen molar-refractivity contribution in [1.82, 2.24) is 15.1 Å². The number of hydrogen-bond donors (Lipinski definition) is 2. The van der Waals surface area contributed by atoms with Crippen LogP contribution in [0.5, 0.6) is 0 Å². The average molecular weight is 287 g/mol. The Morgan fingerprint density at radius 1 is 1.15 bits per heavy atom. The quantitative estimate of drug-likeness (QED) is 0.612. The summed E-state index contributed by atoms with van der Waals surface area (Å²) in [6, 6.07) is -0.280. The lowest BCUT2D eigenvalue weighted by atomic mass is 10.2. The molecule has 0 radical (unpaired) electrons. The average Bonchev–Trinajstić information content (AvgIpc) is 2.36. The molecule has 0 rings (SSSR count). The number of carboxylic acid groups (broad SMARTS) is 1. The second kappa shape index (κ2) is 10.1. The fourth-order valence-electron chi connectivity index (χ4n) is 1.54. The van der Waals surface area contributed by atoms with Crippen LogP contribution >= 0.6 is 0 Å². The minimum Gasteiger partial charge on any atom is -0.481 e. The van der Waals surface area contributed by atoms with Crippen molar-refractivity contribution in [3.8, 4) is 0 Å². The summed E-state index contributed by atoms with van der Waals surface area (Å²) in [6.07, 6.45) is 2.01. The van der Waals surface area contributed by atoms with Crippen molar-refractivity contribution in [3.63, 3.8) is 0 Å². The first kappa shape index (κ1) is 18.2. The SMILES string of the molecule is CCCN(CC(=O)N(C)C)C(=O)NCCCCC(=O)O. The number of amides is 3. The monoisotopic (exact) mass is 287 g/mol. The minimum absolute atomic E-state index is 0.0573.